The molecule has 0 amide bonds. The number of hydrogen-bond acceptors (Lipinski definition) is 3. The molecule has 1 aliphatic heterocycles. The molecule has 0 saturated carbocycles. The van der Waals surface area contributed by atoms with E-state index in [-0.39, 0.29) is 0 Å². The van der Waals surface area contributed by atoms with Crippen LogP contribution in [0, 0.1) is 0 Å². The maximum Gasteiger partial charge on any atom is 0.158 e. The van der Waals surface area contributed by atoms with Crippen molar-refractivity contribution >= 4 is 11.8 Å². The van der Waals surface area contributed by atoms with Gasteiger partial charge in [-0.15, -0.1) is 11.8 Å². The van der Waals surface area contributed by atoms with Gasteiger partial charge in [0, 0.05) is 0 Å². The van der Waals surface area contributed by atoms with Crippen molar-refractivity contribution in [3.63, 3.8) is 0 Å². The second-order valence-corrected chi connectivity index (χ2v) is 5.69. The van der Waals surface area contributed by atoms with Gasteiger partial charge in [0.25, 0.3) is 0 Å². The zero-order valence-electron chi connectivity index (χ0n) is 10.2. The summed E-state index contributed by atoms with van der Waals surface area (Å²) in [6.07, 6.45) is 6.19. The summed E-state index contributed by atoms with van der Waals surface area (Å²) in [4.78, 5) is 0. The van der Waals surface area contributed by atoms with Gasteiger partial charge in [-0.05, 0) is 24.2 Å². The molecule has 4 heteroatoms. The standard InChI is InChI=1S/C14H16N2OS/c1-2-5-12(6-3-1)10-16-11-13(9-15-16)17-14-7-4-8-18-14/h1-3,5-6,9,11,14H,4,7-8,10H2. The van der Waals surface area contributed by atoms with Gasteiger partial charge in [0.2, 0.25) is 0 Å². The summed E-state index contributed by atoms with van der Waals surface area (Å²) in [6, 6.07) is 10.3. The number of benzene rings is 1. The number of aromatic nitrogens is 2. The van der Waals surface area contributed by atoms with Gasteiger partial charge in [-0.1, -0.05) is 30.3 Å². The summed E-state index contributed by atoms with van der Waals surface area (Å²) < 4.78 is 7.79. The molecule has 3 nitrogen and oxygen atoms in total. The van der Waals surface area contributed by atoms with E-state index in [2.05, 4.69) is 17.2 Å². The SMILES string of the molecule is c1ccc(Cn2cc(OC3CCCS3)cn2)cc1. The lowest BCUT2D eigenvalue weighted by Crippen LogP contribution is -2.06. The van der Waals surface area contributed by atoms with E-state index in [1.54, 1.807) is 0 Å². The zero-order valence-corrected chi connectivity index (χ0v) is 11.0. The van der Waals surface area contributed by atoms with E-state index in [1.165, 1.54) is 17.7 Å². The monoisotopic (exact) mass is 260 g/mol. The van der Waals surface area contributed by atoms with Gasteiger partial charge in [-0.25, -0.2) is 0 Å². The number of ether oxygens (including phenoxy) is 1. The molecule has 2 aromatic rings. The molecular weight excluding hydrogens is 244 g/mol. The molecule has 3 rings (SSSR count). The molecule has 1 unspecified atom stereocenters. The highest BCUT2D eigenvalue weighted by atomic mass is 32.2. The summed E-state index contributed by atoms with van der Waals surface area (Å²) in [5, 5.41) is 4.34. The van der Waals surface area contributed by atoms with E-state index in [1.807, 2.05) is 47.0 Å². The van der Waals surface area contributed by atoms with Gasteiger partial charge in [-0.3, -0.25) is 4.68 Å². The first-order valence-corrected chi connectivity index (χ1v) is 7.30. The minimum Gasteiger partial charge on any atom is -0.477 e. The molecule has 1 atom stereocenters. The fourth-order valence-electron chi connectivity index (χ4n) is 2.06. The Morgan fingerprint density at radius 1 is 1.33 bits per heavy atom. The van der Waals surface area contributed by atoms with E-state index >= 15 is 0 Å². The Morgan fingerprint density at radius 3 is 3.00 bits per heavy atom. The molecule has 1 aromatic heterocycles. The third kappa shape index (κ3) is 2.88. The number of hydrogen-bond donors (Lipinski definition) is 0. The van der Waals surface area contributed by atoms with E-state index < -0.39 is 0 Å². The Morgan fingerprint density at radius 2 is 2.22 bits per heavy atom. The fraction of sp³-hybridized carbons (Fsp3) is 0.357. The van der Waals surface area contributed by atoms with Crippen LogP contribution in [0.2, 0.25) is 0 Å². The lowest BCUT2D eigenvalue weighted by atomic mass is 10.2. The first-order valence-electron chi connectivity index (χ1n) is 6.25. The Labute approximate surface area is 111 Å². The van der Waals surface area contributed by atoms with Crippen molar-refractivity contribution in [3.05, 3.63) is 48.3 Å². The van der Waals surface area contributed by atoms with Crippen molar-refractivity contribution in [1.29, 1.82) is 0 Å². The highest BCUT2D eigenvalue weighted by Gasteiger charge is 2.17. The molecule has 0 N–H and O–H groups in total. The average molecular weight is 260 g/mol. The first-order chi connectivity index (χ1) is 8.90. The number of nitrogens with zero attached hydrogens (tertiary/aromatic N) is 2. The van der Waals surface area contributed by atoms with E-state index in [0.717, 1.165) is 18.7 Å². The van der Waals surface area contributed by atoms with Gasteiger partial charge < -0.3 is 4.74 Å². The zero-order chi connectivity index (χ0) is 12.2. The molecule has 94 valence electrons. The Bertz CT molecular complexity index is 492. The number of rotatable bonds is 4. The number of thioether (sulfide) groups is 1. The van der Waals surface area contributed by atoms with E-state index in [9.17, 15) is 0 Å². The average Bonchev–Trinajstić information content (AvgIpc) is 3.03. The first kappa shape index (κ1) is 11.7. The Balaban J connectivity index is 1.62. The van der Waals surface area contributed by atoms with Crippen LogP contribution in [-0.2, 0) is 6.54 Å². The fourth-order valence-corrected chi connectivity index (χ4v) is 3.16. The second-order valence-electron chi connectivity index (χ2n) is 4.42. The van der Waals surface area contributed by atoms with Gasteiger partial charge in [0.1, 0.15) is 5.44 Å². The Kier molecular flexibility index (Phi) is 3.55. The van der Waals surface area contributed by atoms with Crippen LogP contribution < -0.4 is 4.74 Å². The quantitative estimate of drug-likeness (QED) is 0.845. The van der Waals surface area contributed by atoms with Crippen LogP contribution in [-0.4, -0.2) is 21.0 Å². The molecule has 1 aliphatic rings. The van der Waals surface area contributed by atoms with E-state index in [4.69, 9.17) is 4.74 Å². The van der Waals surface area contributed by atoms with Crippen LogP contribution in [0.25, 0.3) is 0 Å². The van der Waals surface area contributed by atoms with Crippen molar-refractivity contribution < 1.29 is 4.74 Å². The summed E-state index contributed by atoms with van der Waals surface area (Å²) in [5.74, 6) is 2.09. The maximum absolute atomic E-state index is 5.87. The molecule has 2 heterocycles. The molecular formula is C14H16N2OS. The second kappa shape index (κ2) is 5.48. The third-order valence-electron chi connectivity index (χ3n) is 2.95. The topological polar surface area (TPSA) is 27.1 Å². The molecule has 18 heavy (non-hydrogen) atoms. The molecule has 0 spiro atoms. The molecule has 1 aromatic carbocycles. The lowest BCUT2D eigenvalue weighted by Gasteiger charge is -2.09. The maximum atomic E-state index is 5.87. The van der Waals surface area contributed by atoms with Crippen molar-refractivity contribution in [2.75, 3.05) is 5.75 Å². The van der Waals surface area contributed by atoms with Crippen LogP contribution >= 0.6 is 11.8 Å². The van der Waals surface area contributed by atoms with Crippen LogP contribution in [0.3, 0.4) is 0 Å². The van der Waals surface area contributed by atoms with Crippen LogP contribution in [0.5, 0.6) is 5.75 Å². The molecule has 1 saturated heterocycles. The predicted octanol–water partition coefficient (Wildman–Crippen LogP) is 3.16. The molecule has 0 radical (unpaired) electrons. The van der Waals surface area contributed by atoms with Gasteiger partial charge in [0.15, 0.2) is 5.75 Å². The summed E-state index contributed by atoms with van der Waals surface area (Å²) in [6.45, 7) is 0.794. The molecule has 0 aliphatic carbocycles. The third-order valence-corrected chi connectivity index (χ3v) is 4.18. The minimum atomic E-state index is 0.319. The summed E-state index contributed by atoms with van der Waals surface area (Å²) in [7, 11) is 0. The highest BCUT2D eigenvalue weighted by Crippen LogP contribution is 2.28. The van der Waals surface area contributed by atoms with Gasteiger partial charge in [0.05, 0.1) is 18.9 Å². The normalized spacial score (nSPS) is 19.0. The van der Waals surface area contributed by atoms with Gasteiger partial charge in [-0.2, -0.15) is 5.10 Å². The summed E-state index contributed by atoms with van der Waals surface area (Å²) in [5.41, 5.74) is 1.57. The highest BCUT2D eigenvalue weighted by molar-refractivity contribution is 8.00. The lowest BCUT2D eigenvalue weighted by molar-refractivity contribution is 0.284. The van der Waals surface area contributed by atoms with Crippen molar-refractivity contribution in [3.8, 4) is 5.75 Å². The smallest absolute Gasteiger partial charge is 0.158 e. The van der Waals surface area contributed by atoms with Crippen molar-refractivity contribution in [1.82, 2.24) is 9.78 Å². The predicted molar refractivity (Wildman–Crippen MR) is 73.9 cm³/mol. The van der Waals surface area contributed by atoms with Crippen LogP contribution in [0.15, 0.2) is 42.7 Å². The molecule has 1 fully saturated rings. The van der Waals surface area contributed by atoms with Crippen molar-refractivity contribution in [2.24, 2.45) is 0 Å². The van der Waals surface area contributed by atoms with Gasteiger partial charge >= 0.3 is 0 Å². The van der Waals surface area contributed by atoms with Crippen LogP contribution in [0.4, 0.5) is 0 Å². The summed E-state index contributed by atoms with van der Waals surface area (Å²) >= 11 is 1.89. The minimum absolute atomic E-state index is 0.319. The van der Waals surface area contributed by atoms with E-state index in [0.29, 0.717) is 5.44 Å². The van der Waals surface area contributed by atoms with Crippen molar-refractivity contribution in [2.45, 2.75) is 24.8 Å². The van der Waals surface area contributed by atoms with Crippen LogP contribution in [0.1, 0.15) is 18.4 Å². The Hall–Kier alpha value is -1.42. The largest absolute Gasteiger partial charge is 0.477 e. The molecule has 0 bridgehead atoms.